The smallest absolute Gasteiger partial charge is 0.0931 e. The molecule has 0 unspecified atom stereocenters. The van der Waals surface area contributed by atoms with Crippen molar-refractivity contribution in [2.45, 2.75) is 26.1 Å². The highest BCUT2D eigenvalue weighted by Gasteiger charge is 2.06. The molecule has 1 aromatic rings. The summed E-state index contributed by atoms with van der Waals surface area (Å²) in [4.78, 5) is 4.07. The van der Waals surface area contributed by atoms with E-state index in [1.165, 1.54) is 0 Å². The van der Waals surface area contributed by atoms with Crippen LogP contribution in [0.25, 0.3) is 0 Å². The van der Waals surface area contributed by atoms with Crippen LogP contribution in [0.1, 0.15) is 37.4 Å². The predicted octanol–water partition coefficient (Wildman–Crippen LogP) is 1.19. The first-order valence-electron chi connectivity index (χ1n) is 3.94. The fraction of sp³-hybridized carbons (Fsp3) is 0.444. The SMILES string of the molecule is C[C@@H](O)c1cccc([C@@H](C)O)n1. The second-order valence-corrected chi connectivity index (χ2v) is 2.84. The van der Waals surface area contributed by atoms with Crippen LogP contribution in [0.15, 0.2) is 18.2 Å². The van der Waals surface area contributed by atoms with Crippen molar-refractivity contribution < 1.29 is 10.2 Å². The van der Waals surface area contributed by atoms with Gasteiger partial charge in [0.25, 0.3) is 0 Å². The van der Waals surface area contributed by atoms with Gasteiger partial charge in [-0.3, -0.25) is 4.98 Å². The summed E-state index contributed by atoms with van der Waals surface area (Å²) < 4.78 is 0. The van der Waals surface area contributed by atoms with Crippen LogP contribution in [0.3, 0.4) is 0 Å². The molecule has 0 aliphatic rings. The van der Waals surface area contributed by atoms with Gasteiger partial charge in [0.2, 0.25) is 0 Å². The lowest BCUT2D eigenvalue weighted by Crippen LogP contribution is -2.01. The lowest BCUT2D eigenvalue weighted by Gasteiger charge is -2.07. The van der Waals surface area contributed by atoms with E-state index in [1.54, 1.807) is 32.0 Å². The summed E-state index contributed by atoms with van der Waals surface area (Å²) in [5.74, 6) is 0. The Balaban J connectivity index is 2.96. The maximum Gasteiger partial charge on any atom is 0.0931 e. The highest BCUT2D eigenvalue weighted by Crippen LogP contribution is 2.13. The number of aliphatic hydroxyl groups excluding tert-OH is 2. The van der Waals surface area contributed by atoms with Crippen molar-refractivity contribution >= 4 is 0 Å². The van der Waals surface area contributed by atoms with E-state index >= 15 is 0 Å². The van der Waals surface area contributed by atoms with Gasteiger partial charge in [0.15, 0.2) is 0 Å². The summed E-state index contributed by atoms with van der Waals surface area (Å²) in [5, 5.41) is 18.4. The number of aromatic nitrogens is 1. The van der Waals surface area contributed by atoms with Crippen molar-refractivity contribution in [3.8, 4) is 0 Å². The second-order valence-electron chi connectivity index (χ2n) is 2.84. The van der Waals surface area contributed by atoms with Crippen LogP contribution >= 0.6 is 0 Å². The van der Waals surface area contributed by atoms with E-state index in [0.29, 0.717) is 11.4 Å². The van der Waals surface area contributed by atoms with Gasteiger partial charge in [-0.2, -0.15) is 0 Å². The molecule has 0 radical (unpaired) electrons. The summed E-state index contributed by atoms with van der Waals surface area (Å²) >= 11 is 0. The van der Waals surface area contributed by atoms with Gasteiger partial charge < -0.3 is 10.2 Å². The third-order valence-electron chi connectivity index (χ3n) is 1.65. The molecule has 0 aliphatic carbocycles. The topological polar surface area (TPSA) is 53.4 Å². The number of hydrogen-bond donors (Lipinski definition) is 2. The maximum atomic E-state index is 9.19. The number of pyridine rings is 1. The zero-order chi connectivity index (χ0) is 9.14. The second kappa shape index (κ2) is 3.65. The van der Waals surface area contributed by atoms with Gasteiger partial charge >= 0.3 is 0 Å². The van der Waals surface area contributed by atoms with E-state index in [1.807, 2.05) is 0 Å². The molecule has 1 heterocycles. The lowest BCUT2D eigenvalue weighted by atomic mass is 10.2. The molecule has 3 heteroatoms. The minimum absolute atomic E-state index is 0.580. The predicted molar refractivity (Wildman–Crippen MR) is 45.5 cm³/mol. The van der Waals surface area contributed by atoms with Crippen molar-refractivity contribution in [1.29, 1.82) is 0 Å². The molecule has 2 atom stereocenters. The largest absolute Gasteiger partial charge is 0.387 e. The first kappa shape index (κ1) is 9.16. The van der Waals surface area contributed by atoms with E-state index in [9.17, 15) is 10.2 Å². The third-order valence-corrected chi connectivity index (χ3v) is 1.65. The van der Waals surface area contributed by atoms with Gasteiger partial charge in [0.05, 0.1) is 23.6 Å². The molecule has 12 heavy (non-hydrogen) atoms. The third kappa shape index (κ3) is 2.03. The van der Waals surface area contributed by atoms with E-state index in [0.717, 1.165) is 0 Å². The zero-order valence-electron chi connectivity index (χ0n) is 7.23. The first-order chi connectivity index (χ1) is 5.61. The Morgan fingerprint density at radius 3 is 1.83 bits per heavy atom. The molecule has 0 saturated carbocycles. The Kier molecular flexibility index (Phi) is 2.78. The molecule has 1 aromatic heterocycles. The summed E-state index contributed by atoms with van der Waals surface area (Å²) in [7, 11) is 0. The lowest BCUT2D eigenvalue weighted by molar-refractivity contribution is 0.183. The van der Waals surface area contributed by atoms with E-state index in [-0.39, 0.29) is 0 Å². The van der Waals surface area contributed by atoms with Gasteiger partial charge in [0, 0.05) is 0 Å². The average Bonchev–Trinajstić information content (AvgIpc) is 2.04. The van der Waals surface area contributed by atoms with Crippen LogP contribution in [0, 0.1) is 0 Å². The van der Waals surface area contributed by atoms with Crippen LogP contribution in [0.2, 0.25) is 0 Å². The van der Waals surface area contributed by atoms with E-state index in [2.05, 4.69) is 4.98 Å². The van der Waals surface area contributed by atoms with Gasteiger partial charge in [-0.25, -0.2) is 0 Å². The molecule has 0 bridgehead atoms. The summed E-state index contributed by atoms with van der Waals surface area (Å²) in [6, 6.07) is 5.24. The first-order valence-corrected chi connectivity index (χ1v) is 3.94. The van der Waals surface area contributed by atoms with Crippen molar-refractivity contribution in [2.75, 3.05) is 0 Å². The molecular formula is C9H13NO2. The normalized spacial score (nSPS) is 15.7. The summed E-state index contributed by atoms with van der Waals surface area (Å²) in [6.07, 6.45) is -1.16. The van der Waals surface area contributed by atoms with Crippen molar-refractivity contribution in [3.63, 3.8) is 0 Å². The Labute approximate surface area is 71.7 Å². The Morgan fingerprint density at radius 1 is 1.08 bits per heavy atom. The molecule has 0 aliphatic heterocycles. The van der Waals surface area contributed by atoms with Crippen LogP contribution in [0.4, 0.5) is 0 Å². The highest BCUT2D eigenvalue weighted by molar-refractivity contribution is 5.13. The number of hydrogen-bond acceptors (Lipinski definition) is 3. The molecule has 1 rings (SSSR count). The highest BCUT2D eigenvalue weighted by atomic mass is 16.3. The maximum absolute atomic E-state index is 9.19. The quantitative estimate of drug-likeness (QED) is 0.695. The number of aliphatic hydroxyl groups is 2. The van der Waals surface area contributed by atoms with Crippen LogP contribution < -0.4 is 0 Å². The van der Waals surface area contributed by atoms with E-state index < -0.39 is 12.2 Å². The van der Waals surface area contributed by atoms with E-state index in [4.69, 9.17) is 0 Å². The molecule has 0 spiro atoms. The van der Waals surface area contributed by atoms with Crippen LogP contribution in [-0.2, 0) is 0 Å². The minimum Gasteiger partial charge on any atom is -0.387 e. The number of nitrogens with zero attached hydrogens (tertiary/aromatic N) is 1. The van der Waals surface area contributed by atoms with Crippen LogP contribution in [0.5, 0.6) is 0 Å². The Bertz CT molecular complexity index is 235. The average molecular weight is 167 g/mol. The van der Waals surface area contributed by atoms with Gasteiger partial charge in [0.1, 0.15) is 0 Å². The monoisotopic (exact) mass is 167 g/mol. The molecule has 0 saturated heterocycles. The molecule has 3 nitrogen and oxygen atoms in total. The van der Waals surface area contributed by atoms with Crippen molar-refractivity contribution in [1.82, 2.24) is 4.98 Å². The fourth-order valence-corrected chi connectivity index (χ4v) is 0.934. The Morgan fingerprint density at radius 2 is 1.50 bits per heavy atom. The Hall–Kier alpha value is -0.930. The number of rotatable bonds is 2. The molecule has 0 amide bonds. The molecule has 0 fully saturated rings. The minimum atomic E-state index is -0.580. The van der Waals surface area contributed by atoms with Crippen molar-refractivity contribution in [2.24, 2.45) is 0 Å². The zero-order valence-corrected chi connectivity index (χ0v) is 7.23. The standard InChI is InChI=1S/C9H13NO2/c1-6(11)8-4-3-5-9(10-8)7(2)12/h3-7,11-12H,1-2H3/t6-,7-/m1/s1. The molecular weight excluding hydrogens is 154 g/mol. The molecule has 0 aromatic carbocycles. The summed E-state index contributed by atoms with van der Waals surface area (Å²) in [6.45, 7) is 3.29. The van der Waals surface area contributed by atoms with Crippen LogP contribution in [-0.4, -0.2) is 15.2 Å². The van der Waals surface area contributed by atoms with Gasteiger partial charge in [-0.15, -0.1) is 0 Å². The van der Waals surface area contributed by atoms with Gasteiger partial charge in [-0.1, -0.05) is 6.07 Å². The molecule has 2 N–H and O–H groups in total. The van der Waals surface area contributed by atoms with Crippen molar-refractivity contribution in [3.05, 3.63) is 29.6 Å². The van der Waals surface area contributed by atoms with Gasteiger partial charge in [-0.05, 0) is 26.0 Å². The summed E-state index contributed by atoms with van der Waals surface area (Å²) in [5.41, 5.74) is 1.18. The fourth-order valence-electron chi connectivity index (χ4n) is 0.934. The molecule has 66 valence electrons.